The van der Waals surface area contributed by atoms with Crippen molar-refractivity contribution in [2.45, 2.75) is 30.7 Å². The Labute approximate surface area is 178 Å². The van der Waals surface area contributed by atoms with Gasteiger partial charge in [0.2, 0.25) is 0 Å². The maximum absolute atomic E-state index is 12.8. The zero-order valence-electron chi connectivity index (χ0n) is 17.4. The van der Waals surface area contributed by atoms with Gasteiger partial charge in [-0.25, -0.2) is 8.42 Å². The third-order valence-corrected chi connectivity index (χ3v) is 6.64. The minimum absolute atomic E-state index is 0.198. The van der Waals surface area contributed by atoms with Gasteiger partial charge in [-0.3, -0.25) is 9.10 Å². The molecule has 1 amide bonds. The molecule has 0 aliphatic rings. The zero-order chi connectivity index (χ0) is 21.8. The number of carbonyl (C=O) groups is 1. The summed E-state index contributed by atoms with van der Waals surface area (Å²) in [5.41, 5.74) is 1.68. The molecule has 5 nitrogen and oxygen atoms in total. The van der Waals surface area contributed by atoms with Crippen LogP contribution in [0.15, 0.2) is 89.8 Å². The minimum Gasteiger partial charge on any atom is -0.347 e. The normalized spacial score (nSPS) is 11.7. The number of hydrogen-bond donors (Lipinski definition) is 1. The maximum atomic E-state index is 12.8. The summed E-state index contributed by atoms with van der Waals surface area (Å²) in [7, 11) is -2.16. The molecule has 3 aromatic carbocycles. The molecule has 6 heteroatoms. The zero-order valence-corrected chi connectivity index (χ0v) is 18.2. The molecule has 0 fully saturated rings. The van der Waals surface area contributed by atoms with Gasteiger partial charge in [-0.2, -0.15) is 0 Å². The first-order chi connectivity index (χ1) is 14.2. The molecule has 1 N–H and O–H groups in total. The van der Waals surface area contributed by atoms with Crippen molar-refractivity contribution in [2.24, 2.45) is 0 Å². The van der Waals surface area contributed by atoms with E-state index in [-0.39, 0.29) is 10.8 Å². The Morgan fingerprint density at radius 3 is 1.97 bits per heavy atom. The van der Waals surface area contributed by atoms with Crippen molar-refractivity contribution in [1.82, 2.24) is 5.32 Å². The van der Waals surface area contributed by atoms with Crippen LogP contribution >= 0.6 is 0 Å². The second-order valence-corrected chi connectivity index (χ2v) is 9.80. The van der Waals surface area contributed by atoms with Crippen LogP contribution in [0.4, 0.5) is 5.69 Å². The van der Waals surface area contributed by atoms with Crippen molar-refractivity contribution in [2.75, 3.05) is 11.4 Å². The third kappa shape index (κ3) is 5.07. The number of rotatable bonds is 7. The van der Waals surface area contributed by atoms with Crippen molar-refractivity contribution in [1.29, 1.82) is 0 Å². The molecular weight excluding hydrogens is 396 g/mol. The summed E-state index contributed by atoms with van der Waals surface area (Å²) in [6, 6.07) is 24.8. The predicted octanol–water partition coefficient (Wildman–Crippen LogP) is 4.26. The van der Waals surface area contributed by atoms with Crippen LogP contribution in [0.3, 0.4) is 0 Å². The molecule has 0 saturated carbocycles. The lowest BCUT2D eigenvalue weighted by Crippen LogP contribution is -2.45. The molecule has 156 valence electrons. The highest BCUT2D eigenvalue weighted by molar-refractivity contribution is 7.92. The van der Waals surface area contributed by atoms with Crippen LogP contribution in [0.5, 0.6) is 0 Å². The highest BCUT2D eigenvalue weighted by atomic mass is 32.2. The van der Waals surface area contributed by atoms with E-state index in [1.165, 1.54) is 11.4 Å². The Kier molecular flexibility index (Phi) is 6.27. The van der Waals surface area contributed by atoms with Gasteiger partial charge in [-0.05, 0) is 62.2 Å². The number of anilines is 1. The van der Waals surface area contributed by atoms with Crippen molar-refractivity contribution < 1.29 is 13.2 Å². The second kappa shape index (κ2) is 8.71. The average Bonchev–Trinajstić information content (AvgIpc) is 2.74. The van der Waals surface area contributed by atoms with Gasteiger partial charge in [-0.1, -0.05) is 48.5 Å². The fourth-order valence-electron chi connectivity index (χ4n) is 3.24. The molecule has 0 radical (unpaired) electrons. The number of carbonyl (C=O) groups excluding carboxylic acids is 1. The van der Waals surface area contributed by atoms with Gasteiger partial charge in [0.15, 0.2) is 0 Å². The quantitative estimate of drug-likeness (QED) is 0.619. The van der Waals surface area contributed by atoms with Crippen LogP contribution in [0.2, 0.25) is 0 Å². The molecule has 0 aliphatic carbocycles. The van der Waals surface area contributed by atoms with Crippen LogP contribution in [0.1, 0.15) is 29.8 Å². The van der Waals surface area contributed by atoms with E-state index >= 15 is 0 Å². The van der Waals surface area contributed by atoms with E-state index in [0.29, 0.717) is 17.7 Å². The maximum Gasteiger partial charge on any atom is 0.264 e. The fourth-order valence-corrected chi connectivity index (χ4v) is 4.46. The number of sulfonamides is 1. The second-order valence-electron chi connectivity index (χ2n) is 7.83. The van der Waals surface area contributed by atoms with Gasteiger partial charge in [-0.15, -0.1) is 0 Å². The molecule has 0 spiro atoms. The topological polar surface area (TPSA) is 66.5 Å². The van der Waals surface area contributed by atoms with Gasteiger partial charge < -0.3 is 5.32 Å². The Morgan fingerprint density at radius 2 is 1.40 bits per heavy atom. The van der Waals surface area contributed by atoms with E-state index in [1.54, 1.807) is 54.6 Å². The van der Waals surface area contributed by atoms with Gasteiger partial charge in [0.1, 0.15) is 0 Å². The Balaban J connectivity index is 1.71. The van der Waals surface area contributed by atoms with Gasteiger partial charge in [0.25, 0.3) is 15.9 Å². The average molecular weight is 423 g/mol. The highest BCUT2D eigenvalue weighted by Crippen LogP contribution is 2.22. The molecule has 0 aliphatic heterocycles. The van der Waals surface area contributed by atoms with Gasteiger partial charge in [0.05, 0.1) is 10.6 Å². The minimum atomic E-state index is -3.66. The lowest BCUT2D eigenvalue weighted by atomic mass is 9.94. The smallest absolute Gasteiger partial charge is 0.264 e. The third-order valence-electron chi connectivity index (χ3n) is 4.84. The number of hydrogen-bond acceptors (Lipinski definition) is 3. The number of benzene rings is 3. The summed E-state index contributed by atoms with van der Waals surface area (Å²) in [5, 5.41) is 3.06. The number of amides is 1. The van der Waals surface area contributed by atoms with E-state index in [9.17, 15) is 13.2 Å². The van der Waals surface area contributed by atoms with Gasteiger partial charge >= 0.3 is 0 Å². The first-order valence-electron chi connectivity index (χ1n) is 9.69. The molecule has 0 aromatic heterocycles. The monoisotopic (exact) mass is 422 g/mol. The highest BCUT2D eigenvalue weighted by Gasteiger charge is 2.23. The summed E-state index contributed by atoms with van der Waals surface area (Å²) < 4.78 is 26.7. The molecule has 3 aromatic rings. The molecule has 0 unspecified atom stereocenters. The van der Waals surface area contributed by atoms with E-state index in [2.05, 4.69) is 5.32 Å². The lowest BCUT2D eigenvalue weighted by molar-refractivity contribution is 0.0913. The van der Waals surface area contributed by atoms with Crippen LogP contribution in [0, 0.1) is 0 Å². The number of nitrogens with one attached hydrogen (secondary N) is 1. The number of nitrogens with zero attached hydrogens (tertiary/aromatic N) is 1. The van der Waals surface area contributed by atoms with Crippen LogP contribution in [-0.4, -0.2) is 26.9 Å². The predicted molar refractivity (Wildman–Crippen MR) is 120 cm³/mol. The van der Waals surface area contributed by atoms with Crippen LogP contribution in [-0.2, 0) is 16.4 Å². The summed E-state index contributed by atoms with van der Waals surface area (Å²) in [5.74, 6) is -0.198. The fraction of sp³-hybridized carbons (Fsp3) is 0.208. The molecule has 0 heterocycles. The standard InChI is InChI=1S/C24H26N2O3S/c1-24(2,18-19-10-6-4-7-11-19)25-23(27)20-14-16-21(17-15-20)26(3)30(28,29)22-12-8-5-9-13-22/h4-17H,18H2,1-3H3,(H,25,27). The molecule has 0 bridgehead atoms. The molecule has 0 atom stereocenters. The van der Waals surface area contributed by atoms with E-state index in [0.717, 1.165) is 5.56 Å². The molecule has 0 saturated heterocycles. The first kappa shape index (κ1) is 21.6. The van der Waals surface area contributed by atoms with Crippen molar-refractivity contribution in [3.63, 3.8) is 0 Å². The van der Waals surface area contributed by atoms with Gasteiger partial charge in [0, 0.05) is 18.2 Å². The summed E-state index contributed by atoms with van der Waals surface area (Å²) in [6.07, 6.45) is 0.704. The lowest BCUT2D eigenvalue weighted by Gasteiger charge is -2.26. The molecule has 3 rings (SSSR count). The Morgan fingerprint density at radius 1 is 0.867 bits per heavy atom. The van der Waals surface area contributed by atoms with E-state index < -0.39 is 15.6 Å². The van der Waals surface area contributed by atoms with E-state index in [1.807, 2.05) is 44.2 Å². The van der Waals surface area contributed by atoms with Crippen LogP contribution in [0.25, 0.3) is 0 Å². The van der Waals surface area contributed by atoms with Crippen LogP contribution < -0.4 is 9.62 Å². The summed E-state index contributed by atoms with van der Waals surface area (Å²) >= 11 is 0. The molecular formula is C24H26N2O3S. The van der Waals surface area contributed by atoms with E-state index in [4.69, 9.17) is 0 Å². The SMILES string of the molecule is CN(c1ccc(C(=O)NC(C)(C)Cc2ccccc2)cc1)S(=O)(=O)c1ccccc1. The van der Waals surface area contributed by atoms with Crippen molar-refractivity contribution in [3.05, 3.63) is 96.1 Å². The Hall–Kier alpha value is -3.12. The first-order valence-corrected chi connectivity index (χ1v) is 11.1. The van der Waals surface area contributed by atoms with Crippen molar-refractivity contribution in [3.8, 4) is 0 Å². The largest absolute Gasteiger partial charge is 0.347 e. The molecule has 30 heavy (non-hydrogen) atoms. The Bertz CT molecular complexity index is 1090. The van der Waals surface area contributed by atoms with Crippen molar-refractivity contribution >= 4 is 21.6 Å². The summed E-state index contributed by atoms with van der Waals surface area (Å²) in [4.78, 5) is 12.9. The summed E-state index contributed by atoms with van der Waals surface area (Å²) in [6.45, 7) is 3.96.